The van der Waals surface area contributed by atoms with Crippen LogP contribution in [0.4, 0.5) is 14.5 Å². The summed E-state index contributed by atoms with van der Waals surface area (Å²) in [5, 5.41) is 11.7. The summed E-state index contributed by atoms with van der Waals surface area (Å²) in [6, 6.07) is 6.30. The molecule has 0 spiro atoms. The summed E-state index contributed by atoms with van der Waals surface area (Å²) in [5.74, 6) is -2.37. The second-order valence-corrected chi connectivity index (χ2v) is 10.3. The Morgan fingerprint density at radius 1 is 1.09 bits per heavy atom. The maximum atomic E-state index is 14.0. The summed E-state index contributed by atoms with van der Waals surface area (Å²) in [6.07, 6.45) is 0. The average Bonchev–Trinajstić information content (AvgIpc) is 3.10. The number of fused-ring (bicyclic) bond motifs is 1. The second-order valence-electron chi connectivity index (χ2n) is 6.95. The number of sulfonamides is 1. The Bertz CT molecular complexity index is 1350. The summed E-state index contributed by atoms with van der Waals surface area (Å²) in [7, 11) is -4.28. The molecule has 0 bridgehead atoms. The molecule has 8 nitrogen and oxygen atoms in total. The van der Waals surface area contributed by atoms with Crippen LogP contribution in [0.1, 0.15) is 9.67 Å². The Hall–Kier alpha value is -2.67. The lowest BCUT2D eigenvalue weighted by atomic mass is 10.2. The van der Waals surface area contributed by atoms with Crippen LogP contribution < -0.4 is 0 Å². The first kappa shape index (κ1) is 22.5. The highest BCUT2D eigenvalue weighted by atomic mass is 35.5. The highest BCUT2D eigenvalue weighted by molar-refractivity contribution is 7.89. The molecule has 168 valence electrons. The van der Waals surface area contributed by atoms with E-state index in [9.17, 15) is 32.1 Å². The van der Waals surface area contributed by atoms with Gasteiger partial charge in [-0.15, -0.1) is 11.3 Å². The van der Waals surface area contributed by atoms with Crippen LogP contribution in [0, 0.1) is 21.7 Å². The van der Waals surface area contributed by atoms with E-state index in [2.05, 4.69) is 0 Å². The standard InChI is InChI=1S/C19H14ClF2N3O5S2/c20-17-13-3-2-12(25(27)28)10-15(13)31-18(17)19(26)23-5-7-24(8-6-23)32(29,30)16-9-11(21)1-4-14(16)22/h1-4,9-10H,5-8H2. The predicted molar refractivity (Wildman–Crippen MR) is 115 cm³/mol. The van der Waals surface area contributed by atoms with Gasteiger partial charge in [-0.3, -0.25) is 14.9 Å². The normalized spacial score (nSPS) is 15.3. The molecule has 1 amide bonds. The van der Waals surface area contributed by atoms with E-state index in [1.165, 1.54) is 23.1 Å². The lowest BCUT2D eigenvalue weighted by Gasteiger charge is -2.33. The second kappa shape index (κ2) is 8.35. The molecule has 13 heteroatoms. The quantitative estimate of drug-likeness (QED) is 0.399. The largest absolute Gasteiger partial charge is 0.335 e. The van der Waals surface area contributed by atoms with Crippen LogP contribution in [-0.4, -0.2) is 54.6 Å². The minimum Gasteiger partial charge on any atom is -0.335 e. The monoisotopic (exact) mass is 501 g/mol. The van der Waals surface area contributed by atoms with Crippen molar-refractivity contribution in [3.63, 3.8) is 0 Å². The van der Waals surface area contributed by atoms with Crippen LogP contribution in [0.2, 0.25) is 5.02 Å². The number of hydrogen-bond acceptors (Lipinski definition) is 6. The molecular formula is C19H14ClF2N3O5S2. The van der Waals surface area contributed by atoms with Crippen molar-refractivity contribution in [2.24, 2.45) is 0 Å². The van der Waals surface area contributed by atoms with E-state index in [0.29, 0.717) is 16.2 Å². The van der Waals surface area contributed by atoms with Crippen LogP contribution >= 0.6 is 22.9 Å². The Kier molecular flexibility index (Phi) is 5.88. The number of nitro benzene ring substituents is 1. The number of rotatable bonds is 4. The third-order valence-electron chi connectivity index (χ3n) is 5.06. The van der Waals surface area contributed by atoms with Gasteiger partial charge in [-0.2, -0.15) is 4.31 Å². The molecule has 32 heavy (non-hydrogen) atoms. The van der Waals surface area contributed by atoms with Gasteiger partial charge in [0, 0.05) is 48.4 Å². The van der Waals surface area contributed by atoms with Gasteiger partial charge in [0.1, 0.15) is 21.4 Å². The van der Waals surface area contributed by atoms with E-state index >= 15 is 0 Å². The molecule has 1 aliphatic heterocycles. The Morgan fingerprint density at radius 2 is 1.78 bits per heavy atom. The number of piperazine rings is 1. The maximum Gasteiger partial charge on any atom is 0.270 e. The van der Waals surface area contributed by atoms with E-state index in [-0.39, 0.29) is 41.8 Å². The number of benzene rings is 2. The van der Waals surface area contributed by atoms with Crippen molar-refractivity contribution in [3.05, 3.63) is 68.0 Å². The van der Waals surface area contributed by atoms with Crippen molar-refractivity contribution >= 4 is 54.6 Å². The lowest BCUT2D eigenvalue weighted by Crippen LogP contribution is -2.50. The topological polar surface area (TPSA) is 101 Å². The fraction of sp³-hybridized carbons (Fsp3) is 0.211. The summed E-state index contributed by atoms with van der Waals surface area (Å²) < 4.78 is 54.3. The number of thiophene rings is 1. The number of carbonyl (C=O) groups is 1. The number of non-ortho nitro benzene ring substituents is 1. The molecule has 0 aliphatic carbocycles. The molecule has 1 saturated heterocycles. The van der Waals surface area contributed by atoms with Gasteiger partial charge in [-0.1, -0.05) is 11.6 Å². The number of nitro groups is 1. The summed E-state index contributed by atoms with van der Waals surface area (Å²) in [4.78, 5) is 24.2. The first-order chi connectivity index (χ1) is 15.1. The maximum absolute atomic E-state index is 14.0. The molecule has 2 aromatic carbocycles. The molecule has 3 aromatic rings. The van der Waals surface area contributed by atoms with Crippen LogP contribution in [0.15, 0.2) is 41.3 Å². The van der Waals surface area contributed by atoms with E-state index in [1.807, 2.05) is 0 Å². The number of amides is 1. The van der Waals surface area contributed by atoms with Gasteiger partial charge < -0.3 is 4.90 Å². The fourth-order valence-electron chi connectivity index (χ4n) is 3.39. The van der Waals surface area contributed by atoms with Gasteiger partial charge in [-0.05, 0) is 24.3 Å². The van der Waals surface area contributed by atoms with Gasteiger partial charge in [0.05, 0.1) is 9.95 Å². The zero-order valence-electron chi connectivity index (χ0n) is 16.1. The predicted octanol–water partition coefficient (Wildman–Crippen LogP) is 3.89. The van der Waals surface area contributed by atoms with Gasteiger partial charge in [0.25, 0.3) is 11.6 Å². The first-order valence-corrected chi connectivity index (χ1v) is 11.8. The van der Waals surface area contributed by atoms with E-state index in [1.54, 1.807) is 0 Å². The average molecular weight is 502 g/mol. The number of hydrogen-bond donors (Lipinski definition) is 0. The molecule has 0 radical (unpaired) electrons. The molecule has 2 heterocycles. The van der Waals surface area contributed by atoms with E-state index < -0.39 is 37.4 Å². The molecule has 0 atom stereocenters. The van der Waals surface area contributed by atoms with Crippen molar-refractivity contribution in [2.45, 2.75) is 4.90 Å². The molecular weight excluding hydrogens is 488 g/mol. The number of carbonyl (C=O) groups excluding carboxylic acids is 1. The zero-order valence-corrected chi connectivity index (χ0v) is 18.5. The Labute approximate surface area is 189 Å². The highest BCUT2D eigenvalue weighted by Crippen LogP contribution is 2.38. The number of nitrogens with zero attached hydrogens (tertiary/aromatic N) is 3. The Morgan fingerprint density at radius 3 is 2.44 bits per heavy atom. The molecule has 1 aliphatic rings. The van der Waals surface area contributed by atoms with Crippen LogP contribution in [-0.2, 0) is 10.0 Å². The Balaban J connectivity index is 1.53. The van der Waals surface area contributed by atoms with Crippen LogP contribution in [0.5, 0.6) is 0 Å². The van der Waals surface area contributed by atoms with Gasteiger partial charge in [0.2, 0.25) is 10.0 Å². The van der Waals surface area contributed by atoms with Crippen molar-refractivity contribution in [1.29, 1.82) is 0 Å². The smallest absolute Gasteiger partial charge is 0.270 e. The third kappa shape index (κ3) is 3.94. The minimum absolute atomic E-state index is 0.0136. The summed E-state index contributed by atoms with van der Waals surface area (Å²) >= 11 is 7.34. The minimum atomic E-state index is -4.28. The van der Waals surface area contributed by atoms with Crippen LogP contribution in [0.3, 0.4) is 0 Å². The van der Waals surface area contributed by atoms with Crippen LogP contribution in [0.25, 0.3) is 10.1 Å². The van der Waals surface area contributed by atoms with Crippen molar-refractivity contribution in [3.8, 4) is 0 Å². The molecule has 0 unspecified atom stereocenters. The zero-order chi connectivity index (χ0) is 23.2. The number of halogens is 3. The van der Waals surface area contributed by atoms with Gasteiger partial charge in [-0.25, -0.2) is 17.2 Å². The molecule has 1 aromatic heterocycles. The SMILES string of the molecule is O=C(c1sc2cc([N+](=O)[O-])ccc2c1Cl)N1CCN(S(=O)(=O)c2cc(F)ccc2F)CC1. The van der Waals surface area contributed by atoms with E-state index in [4.69, 9.17) is 11.6 Å². The molecule has 0 saturated carbocycles. The molecule has 0 N–H and O–H groups in total. The van der Waals surface area contributed by atoms with Gasteiger partial charge in [0.15, 0.2) is 0 Å². The summed E-state index contributed by atoms with van der Waals surface area (Å²) in [6.45, 7) is -0.199. The van der Waals surface area contributed by atoms with Crippen molar-refractivity contribution in [2.75, 3.05) is 26.2 Å². The third-order valence-corrected chi connectivity index (χ3v) is 8.61. The first-order valence-electron chi connectivity index (χ1n) is 9.20. The molecule has 1 fully saturated rings. The van der Waals surface area contributed by atoms with Crippen molar-refractivity contribution in [1.82, 2.24) is 9.21 Å². The van der Waals surface area contributed by atoms with Gasteiger partial charge >= 0.3 is 0 Å². The fourth-order valence-corrected chi connectivity index (χ4v) is 6.41. The lowest BCUT2D eigenvalue weighted by molar-refractivity contribution is -0.384. The van der Waals surface area contributed by atoms with Crippen molar-refractivity contribution < 1.29 is 26.9 Å². The molecule has 4 rings (SSSR count). The summed E-state index contributed by atoms with van der Waals surface area (Å²) in [5.41, 5.74) is -0.127. The van der Waals surface area contributed by atoms with E-state index in [0.717, 1.165) is 27.8 Å². The highest BCUT2D eigenvalue weighted by Gasteiger charge is 2.33.